The van der Waals surface area contributed by atoms with Gasteiger partial charge in [-0.25, -0.2) is 0 Å². The number of aryl methyl sites for hydroxylation is 1. The molecule has 2 N–H and O–H groups in total. The molecule has 0 aliphatic rings. The van der Waals surface area contributed by atoms with Crippen molar-refractivity contribution in [3.8, 4) is 0 Å². The Labute approximate surface area is 147 Å². The van der Waals surface area contributed by atoms with E-state index in [4.69, 9.17) is 0 Å². The van der Waals surface area contributed by atoms with Crippen LogP contribution >= 0.6 is 15.9 Å². The number of hydrogen-bond donors (Lipinski definition) is 2. The Morgan fingerprint density at radius 2 is 1.17 bits per heavy atom. The maximum absolute atomic E-state index is 11.9. The summed E-state index contributed by atoms with van der Waals surface area (Å²) < 4.78 is 0.826. The maximum Gasteiger partial charge on any atom is 0.229 e. The zero-order valence-corrected chi connectivity index (χ0v) is 14.4. The zero-order chi connectivity index (χ0) is 17.7. The van der Waals surface area contributed by atoms with Gasteiger partial charge in [-0.3, -0.25) is 9.59 Å². The van der Waals surface area contributed by atoms with Gasteiger partial charge >= 0.3 is 0 Å². The Morgan fingerprint density at radius 1 is 0.792 bits per heavy atom. The van der Waals surface area contributed by atoms with Crippen LogP contribution in [-0.4, -0.2) is 21.8 Å². The molecule has 24 heavy (non-hydrogen) atoms. The fourth-order valence-corrected chi connectivity index (χ4v) is 2.17. The lowest BCUT2D eigenvalue weighted by Gasteiger charge is -2.01. The normalized spacial score (nSPS) is 12.1. The van der Waals surface area contributed by atoms with E-state index >= 15 is 0 Å². The average molecular weight is 387 g/mol. The standard InChI is InChI=1S/C19H15BrO4/c1-12-2-4-13(5-3-12)16(21)10-18(23)19(24)11-17(22)14-6-8-15(20)9-7-14/h2-11,21-22H,1H3/b16-10+,17-11+. The smallest absolute Gasteiger partial charge is 0.229 e. The second kappa shape index (κ2) is 7.75. The van der Waals surface area contributed by atoms with Crippen molar-refractivity contribution in [2.24, 2.45) is 0 Å². The van der Waals surface area contributed by atoms with Crippen LogP contribution < -0.4 is 0 Å². The largest absolute Gasteiger partial charge is 0.507 e. The highest BCUT2D eigenvalue weighted by Crippen LogP contribution is 2.16. The molecule has 0 fully saturated rings. The van der Waals surface area contributed by atoms with Crippen LogP contribution in [0.15, 0.2) is 65.2 Å². The van der Waals surface area contributed by atoms with Gasteiger partial charge < -0.3 is 10.2 Å². The van der Waals surface area contributed by atoms with Crippen LogP contribution in [0.4, 0.5) is 0 Å². The van der Waals surface area contributed by atoms with E-state index in [1.165, 1.54) is 0 Å². The lowest BCUT2D eigenvalue weighted by molar-refractivity contribution is -0.130. The number of ketones is 2. The molecule has 4 nitrogen and oxygen atoms in total. The number of allylic oxidation sites excluding steroid dienone is 2. The van der Waals surface area contributed by atoms with E-state index in [2.05, 4.69) is 15.9 Å². The van der Waals surface area contributed by atoms with Crippen LogP contribution in [0, 0.1) is 6.92 Å². The first-order valence-corrected chi connectivity index (χ1v) is 7.88. The Kier molecular flexibility index (Phi) is 5.71. The molecule has 0 bridgehead atoms. The molecule has 0 spiro atoms. The SMILES string of the molecule is Cc1ccc(/C(O)=C\C(=O)C(=O)/C=C(/O)c2ccc(Br)cc2)cc1. The van der Waals surface area contributed by atoms with Gasteiger partial charge in [0.25, 0.3) is 0 Å². The third-order valence-corrected chi connectivity index (χ3v) is 3.79. The van der Waals surface area contributed by atoms with E-state index in [1.54, 1.807) is 48.5 Å². The molecule has 0 aliphatic heterocycles. The van der Waals surface area contributed by atoms with Crippen molar-refractivity contribution in [1.82, 2.24) is 0 Å². The second-order valence-electron chi connectivity index (χ2n) is 5.16. The van der Waals surface area contributed by atoms with E-state index in [9.17, 15) is 19.8 Å². The molecule has 5 heteroatoms. The number of carbonyl (C=O) groups is 2. The number of benzene rings is 2. The highest BCUT2D eigenvalue weighted by atomic mass is 79.9. The van der Waals surface area contributed by atoms with E-state index in [-0.39, 0.29) is 11.5 Å². The average Bonchev–Trinajstić information content (AvgIpc) is 2.55. The van der Waals surface area contributed by atoms with Gasteiger partial charge in [0.1, 0.15) is 11.5 Å². The first kappa shape index (κ1) is 17.7. The zero-order valence-electron chi connectivity index (χ0n) is 12.9. The Balaban J connectivity index is 2.15. The van der Waals surface area contributed by atoms with Crippen molar-refractivity contribution < 1.29 is 19.8 Å². The van der Waals surface area contributed by atoms with Gasteiger partial charge in [-0.1, -0.05) is 57.9 Å². The number of rotatable bonds is 5. The Morgan fingerprint density at radius 3 is 1.58 bits per heavy atom. The van der Waals surface area contributed by atoms with Crippen LogP contribution in [-0.2, 0) is 9.59 Å². The van der Waals surface area contributed by atoms with E-state index in [0.29, 0.717) is 11.1 Å². The molecule has 2 aromatic rings. The minimum atomic E-state index is -0.922. The fraction of sp³-hybridized carbons (Fsp3) is 0.0526. The maximum atomic E-state index is 11.9. The van der Waals surface area contributed by atoms with Crippen molar-refractivity contribution >= 4 is 39.0 Å². The van der Waals surface area contributed by atoms with Gasteiger partial charge in [-0.15, -0.1) is 0 Å². The van der Waals surface area contributed by atoms with Gasteiger partial charge in [-0.2, -0.15) is 0 Å². The predicted octanol–water partition coefficient (Wildman–Crippen LogP) is 4.39. The van der Waals surface area contributed by atoms with Gasteiger partial charge in [-0.05, 0) is 19.1 Å². The lowest BCUT2D eigenvalue weighted by Crippen LogP contribution is -2.09. The van der Waals surface area contributed by atoms with Crippen LogP contribution in [0.3, 0.4) is 0 Å². The van der Waals surface area contributed by atoms with Gasteiger partial charge in [0.2, 0.25) is 11.6 Å². The first-order valence-electron chi connectivity index (χ1n) is 7.09. The van der Waals surface area contributed by atoms with Crippen molar-refractivity contribution in [2.75, 3.05) is 0 Å². The summed E-state index contributed by atoms with van der Waals surface area (Å²) in [6.07, 6.45) is 1.68. The summed E-state index contributed by atoms with van der Waals surface area (Å²) in [6.45, 7) is 1.90. The minimum Gasteiger partial charge on any atom is -0.507 e. The topological polar surface area (TPSA) is 74.6 Å². The van der Waals surface area contributed by atoms with Gasteiger partial charge in [0.15, 0.2) is 0 Å². The summed E-state index contributed by atoms with van der Waals surface area (Å²) in [5.41, 5.74) is 1.85. The van der Waals surface area contributed by atoms with E-state index in [0.717, 1.165) is 22.2 Å². The molecule has 122 valence electrons. The van der Waals surface area contributed by atoms with Crippen LogP contribution in [0.25, 0.3) is 11.5 Å². The molecule has 0 saturated carbocycles. The monoisotopic (exact) mass is 386 g/mol. The number of aliphatic hydroxyl groups is 2. The lowest BCUT2D eigenvalue weighted by atomic mass is 10.1. The van der Waals surface area contributed by atoms with Crippen molar-refractivity contribution in [3.05, 3.63) is 81.8 Å². The molecule has 0 atom stereocenters. The summed E-state index contributed by atoms with van der Waals surface area (Å²) in [4.78, 5) is 23.7. The Hall–Kier alpha value is -2.66. The molecule has 2 rings (SSSR count). The summed E-state index contributed by atoms with van der Waals surface area (Å²) in [6, 6.07) is 13.5. The van der Waals surface area contributed by atoms with Crippen LogP contribution in [0.1, 0.15) is 16.7 Å². The molecule has 0 unspecified atom stereocenters. The van der Waals surface area contributed by atoms with Crippen molar-refractivity contribution in [1.29, 1.82) is 0 Å². The summed E-state index contributed by atoms with van der Waals surface area (Å²) in [5, 5.41) is 19.8. The van der Waals surface area contributed by atoms with E-state index < -0.39 is 11.6 Å². The molecular weight excluding hydrogens is 372 g/mol. The molecule has 0 amide bonds. The predicted molar refractivity (Wildman–Crippen MR) is 96.5 cm³/mol. The number of carbonyl (C=O) groups excluding carboxylic acids is 2. The quantitative estimate of drug-likeness (QED) is 0.453. The molecule has 2 aromatic carbocycles. The third-order valence-electron chi connectivity index (χ3n) is 3.27. The molecule has 0 aliphatic carbocycles. The fourth-order valence-electron chi connectivity index (χ4n) is 1.90. The molecule has 0 radical (unpaired) electrons. The van der Waals surface area contributed by atoms with Crippen LogP contribution in [0.2, 0.25) is 0 Å². The number of aliphatic hydroxyl groups excluding tert-OH is 2. The summed E-state index contributed by atoms with van der Waals surface area (Å²) >= 11 is 3.26. The molecule has 0 saturated heterocycles. The second-order valence-corrected chi connectivity index (χ2v) is 6.08. The highest BCUT2D eigenvalue weighted by molar-refractivity contribution is 9.10. The highest BCUT2D eigenvalue weighted by Gasteiger charge is 2.12. The first-order chi connectivity index (χ1) is 11.4. The van der Waals surface area contributed by atoms with Crippen molar-refractivity contribution in [3.63, 3.8) is 0 Å². The number of hydrogen-bond acceptors (Lipinski definition) is 4. The molecule has 0 aromatic heterocycles. The van der Waals surface area contributed by atoms with Crippen molar-refractivity contribution in [2.45, 2.75) is 6.92 Å². The molecule has 0 heterocycles. The summed E-state index contributed by atoms with van der Waals surface area (Å²) in [5.74, 6) is -2.46. The van der Waals surface area contributed by atoms with E-state index in [1.807, 2.05) is 6.92 Å². The van der Waals surface area contributed by atoms with Crippen LogP contribution in [0.5, 0.6) is 0 Å². The Bertz CT molecular complexity index is 744. The molecular formula is C19H15BrO4. The minimum absolute atomic E-state index is 0.301. The third kappa shape index (κ3) is 4.67. The van der Waals surface area contributed by atoms with Gasteiger partial charge in [0, 0.05) is 27.8 Å². The summed E-state index contributed by atoms with van der Waals surface area (Å²) in [7, 11) is 0. The number of halogens is 1. The van der Waals surface area contributed by atoms with Gasteiger partial charge in [0.05, 0.1) is 0 Å².